The second-order valence-electron chi connectivity index (χ2n) is 5.86. The molecule has 106 valence electrons. The largest absolute Gasteiger partial charge is 0.368 e. The molecule has 4 nitrogen and oxygen atoms in total. The third-order valence-corrected chi connectivity index (χ3v) is 4.83. The third kappa shape index (κ3) is 3.16. The average molecular weight is 281 g/mol. The molecule has 1 N–H and O–H groups in total. The number of hydrogen-bond donors (Lipinski definition) is 1. The van der Waals surface area contributed by atoms with Crippen molar-refractivity contribution >= 4 is 11.3 Å². The Morgan fingerprint density at radius 3 is 3.16 bits per heavy atom. The predicted octanol–water partition coefficient (Wildman–Crippen LogP) is 1.82. The molecule has 0 aromatic carbocycles. The summed E-state index contributed by atoms with van der Waals surface area (Å²) in [7, 11) is 0. The molecular formula is C14H23N3OS. The molecule has 0 amide bonds. The molecule has 19 heavy (non-hydrogen) atoms. The number of ether oxygens (including phenoxy) is 1. The Bertz CT molecular complexity index is 426. The normalized spacial score (nSPS) is 24.7. The van der Waals surface area contributed by atoms with Crippen LogP contribution in [0, 0.1) is 5.92 Å². The van der Waals surface area contributed by atoms with Gasteiger partial charge in [0.2, 0.25) is 0 Å². The van der Waals surface area contributed by atoms with Gasteiger partial charge in [-0.3, -0.25) is 4.90 Å². The van der Waals surface area contributed by atoms with Gasteiger partial charge in [-0.15, -0.1) is 11.3 Å². The van der Waals surface area contributed by atoms with Crippen LogP contribution in [0.2, 0.25) is 0 Å². The molecule has 1 aromatic heterocycles. The van der Waals surface area contributed by atoms with E-state index < -0.39 is 0 Å². The first-order chi connectivity index (χ1) is 9.22. The van der Waals surface area contributed by atoms with Crippen LogP contribution in [-0.2, 0) is 17.7 Å². The van der Waals surface area contributed by atoms with Gasteiger partial charge in [-0.25, -0.2) is 4.98 Å². The zero-order chi connectivity index (χ0) is 13.2. The van der Waals surface area contributed by atoms with Crippen molar-refractivity contribution in [3.8, 4) is 0 Å². The van der Waals surface area contributed by atoms with Crippen LogP contribution in [0.4, 0.5) is 0 Å². The van der Waals surface area contributed by atoms with E-state index in [2.05, 4.69) is 24.1 Å². The maximum absolute atomic E-state index is 5.80. The molecule has 3 heterocycles. The van der Waals surface area contributed by atoms with E-state index in [1.54, 1.807) is 0 Å². The van der Waals surface area contributed by atoms with E-state index in [-0.39, 0.29) is 6.10 Å². The van der Waals surface area contributed by atoms with Crippen molar-refractivity contribution in [2.75, 3.05) is 32.8 Å². The molecule has 2 aliphatic rings. The van der Waals surface area contributed by atoms with Crippen LogP contribution in [0.15, 0.2) is 0 Å². The molecule has 0 aliphatic carbocycles. The summed E-state index contributed by atoms with van der Waals surface area (Å²) in [6.07, 6.45) is 1.27. The van der Waals surface area contributed by atoms with Crippen molar-refractivity contribution in [2.24, 2.45) is 5.92 Å². The number of rotatable bonds is 3. The first-order valence-electron chi connectivity index (χ1n) is 7.25. The summed E-state index contributed by atoms with van der Waals surface area (Å²) < 4.78 is 5.80. The maximum Gasteiger partial charge on any atom is 0.123 e. The van der Waals surface area contributed by atoms with Gasteiger partial charge >= 0.3 is 0 Å². The number of nitrogens with zero attached hydrogens (tertiary/aromatic N) is 2. The van der Waals surface area contributed by atoms with Gasteiger partial charge in [0.1, 0.15) is 11.1 Å². The zero-order valence-corrected chi connectivity index (χ0v) is 12.6. The van der Waals surface area contributed by atoms with E-state index in [4.69, 9.17) is 9.72 Å². The van der Waals surface area contributed by atoms with Crippen LogP contribution < -0.4 is 5.32 Å². The molecule has 0 bridgehead atoms. The molecule has 0 saturated carbocycles. The van der Waals surface area contributed by atoms with Gasteiger partial charge in [0.05, 0.1) is 12.3 Å². The molecule has 0 spiro atoms. The number of morpholine rings is 1. The quantitative estimate of drug-likeness (QED) is 0.917. The van der Waals surface area contributed by atoms with E-state index in [1.165, 1.54) is 22.1 Å². The number of fused-ring (bicyclic) bond motifs is 1. The van der Waals surface area contributed by atoms with Gasteiger partial charge in [0.25, 0.3) is 0 Å². The molecule has 1 atom stereocenters. The van der Waals surface area contributed by atoms with Gasteiger partial charge in [-0.1, -0.05) is 13.8 Å². The van der Waals surface area contributed by atoms with Crippen molar-refractivity contribution in [1.82, 2.24) is 15.2 Å². The Labute approximate surface area is 119 Å². The Kier molecular flexibility index (Phi) is 4.17. The summed E-state index contributed by atoms with van der Waals surface area (Å²) in [4.78, 5) is 8.82. The fraction of sp³-hybridized carbons (Fsp3) is 0.786. The van der Waals surface area contributed by atoms with Crippen molar-refractivity contribution in [1.29, 1.82) is 0 Å². The summed E-state index contributed by atoms with van der Waals surface area (Å²) in [5.74, 6) is 0.736. The van der Waals surface area contributed by atoms with Crippen LogP contribution in [0.5, 0.6) is 0 Å². The molecule has 0 radical (unpaired) electrons. The lowest BCUT2D eigenvalue weighted by atomic mass is 10.1. The Balaban J connectivity index is 1.69. The molecule has 1 fully saturated rings. The minimum absolute atomic E-state index is 0.169. The number of hydrogen-bond acceptors (Lipinski definition) is 5. The molecule has 1 unspecified atom stereocenters. The molecule has 5 heteroatoms. The molecule has 2 aliphatic heterocycles. The maximum atomic E-state index is 5.80. The lowest BCUT2D eigenvalue weighted by Gasteiger charge is -2.27. The van der Waals surface area contributed by atoms with Crippen molar-refractivity contribution in [2.45, 2.75) is 32.9 Å². The van der Waals surface area contributed by atoms with Crippen LogP contribution in [0.25, 0.3) is 0 Å². The van der Waals surface area contributed by atoms with E-state index in [0.717, 1.165) is 45.1 Å². The first kappa shape index (κ1) is 13.5. The molecular weight excluding hydrogens is 258 g/mol. The number of thiazole rings is 1. The number of aromatic nitrogens is 1. The zero-order valence-electron chi connectivity index (χ0n) is 11.8. The standard InChI is InChI=1S/C14H23N3OS/c1-10(2)8-17-5-3-11-13(9-17)19-14(16-11)12-7-15-4-6-18-12/h10,12,15H,3-9H2,1-2H3. The highest BCUT2D eigenvalue weighted by molar-refractivity contribution is 7.11. The molecule has 1 aromatic rings. The lowest BCUT2D eigenvalue weighted by molar-refractivity contribution is 0.0275. The molecule has 1 saturated heterocycles. The smallest absolute Gasteiger partial charge is 0.123 e. The topological polar surface area (TPSA) is 37.4 Å². The first-order valence-corrected chi connectivity index (χ1v) is 8.07. The second-order valence-corrected chi connectivity index (χ2v) is 6.98. The number of nitrogens with one attached hydrogen (secondary N) is 1. The van der Waals surface area contributed by atoms with Gasteiger partial charge in [-0.2, -0.15) is 0 Å². The van der Waals surface area contributed by atoms with Crippen LogP contribution in [0.1, 0.15) is 35.5 Å². The fourth-order valence-corrected chi connectivity index (χ4v) is 4.01. The monoisotopic (exact) mass is 281 g/mol. The minimum Gasteiger partial charge on any atom is -0.368 e. The van der Waals surface area contributed by atoms with E-state index >= 15 is 0 Å². The highest BCUT2D eigenvalue weighted by Gasteiger charge is 2.25. The molecule has 3 rings (SSSR count). The highest BCUT2D eigenvalue weighted by Crippen LogP contribution is 2.30. The van der Waals surface area contributed by atoms with Crippen molar-refractivity contribution in [3.05, 3.63) is 15.6 Å². The lowest BCUT2D eigenvalue weighted by Crippen LogP contribution is -2.33. The van der Waals surface area contributed by atoms with Crippen LogP contribution in [0.3, 0.4) is 0 Å². The van der Waals surface area contributed by atoms with Gasteiger partial charge in [0, 0.05) is 44.0 Å². The SMILES string of the molecule is CC(C)CN1CCc2nc(C3CNCCO3)sc2C1. The van der Waals surface area contributed by atoms with E-state index in [0.29, 0.717) is 0 Å². The van der Waals surface area contributed by atoms with Crippen LogP contribution >= 0.6 is 11.3 Å². The summed E-state index contributed by atoms with van der Waals surface area (Å²) in [5, 5.41) is 4.55. The van der Waals surface area contributed by atoms with Crippen molar-refractivity contribution < 1.29 is 4.74 Å². The predicted molar refractivity (Wildman–Crippen MR) is 77.5 cm³/mol. The minimum atomic E-state index is 0.169. The Hall–Kier alpha value is -0.490. The fourth-order valence-electron chi connectivity index (χ4n) is 2.80. The summed E-state index contributed by atoms with van der Waals surface area (Å²) in [6.45, 7) is 10.7. The Morgan fingerprint density at radius 2 is 2.42 bits per heavy atom. The van der Waals surface area contributed by atoms with Gasteiger partial charge in [0.15, 0.2) is 0 Å². The van der Waals surface area contributed by atoms with Gasteiger partial charge in [-0.05, 0) is 5.92 Å². The van der Waals surface area contributed by atoms with Crippen LogP contribution in [-0.4, -0.2) is 42.7 Å². The summed E-state index contributed by atoms with van der Waals surface area (Å²) >= 11 is 1.85. The van der Waals surface area contributed by atoms with Crippen molar-refractivity contribution in [3.63, 3.8) is 0 Å². The second kappa shape index (κ2) is 5.87. The summed E-state index contributed by atoms with van der Waals surface area (Å²) in [6, 6.07) is 0. The average Bonchev–Trinajstić information content (AvgIpc) is 2.82. The Morgan fingerprint density at radius 1 is 1.53 bits per heavy atom. The summed E-state index contributed by atoms with van der Waals surface area (Å²) in [5.41, 5.74) is 1.31. The highest BCUT2D eigenvalue weighted by atomic mass is 32.1. The third-order valence-electron chi connectivity index (χ3n) is 3.65. The van der Waals surface area contributed by atoms with Gasteiger partial charge < -0.3 is 10.1 Å². The van der Waals surface area contributed by atoms with E-state index in [1.807, 2.05) is 11.3 Å². The van der Waals surface area contributed by atoms with E-state index in [9.17, 15) is 0 Å².